The monoisotopic (exact) mass is 442 g/mol. The Kier molecular flexibility index (Phi) is 6.20. The highest BCUT2D eigenvalue weighted by Crippen LogP contribution is 2.30. The molecular weight excluding hydrogens is 412 g/mol. The SMILES string of the molecule is CN1CC[C@@H](N(C)C(=O)N2CC[C@H](N(C)C(=O)c3ccc(-c4ccc(O)cc4)s3)C2)C1. The first kappa shape index (κ1) is 21.6. The zero-order valence-electron chi connectivity index (χ0n) is 18.3. The maximum absolute atomic E-state index is 13.1. The summed E-state index contributed by atoms with van der Waals surface area (Å²) >= 11 is 1.45. The Hall–Kier alpha value is -2.58. The van der Waals surface area contributed by atoms with Gasteiger partial charge in [0.15, 0.2) is 0 Å². The van der Waals surface area contributed by atoms with Crippen LogP contribution in [0.1, 0.15) is 22.5 Å². The summed E-state index contributed by atoms with van der Waals surface area (Å²) in [6, 6.07) is 11.1. The molecule has 2 saturated heterocycles. The summed E-state index contributed by atoms with van der Waals surface area (Å²) in [4.78, 5) is 35.5. The highest BCUT2D eigenvalue weighted by atomic mass is 32.1. The van der Waals surface area contributed by atoms with Crippen molar-refractivity contribution in [1.82, 2.24) is 19.6 Å². The number of rotatable bonds is 4. The van der Waals surface area contributed by atoms with Crippen molar-refractivity contribution in [3.8, 4) is 16.2 Å². The number of urea groups is 1. The van der Waals surface area contributed by atoms with Gasteiger partial charge in [-0.15, -0.1) is 11.3 Å². The van der Waals surface area contributed by atoms with Crippen LogP contribution in [0, 0.1) is 0 Å². The van der Waals surface area contributed by atoms with E-state index >= 15 is 0 Å². The molecule has 7 nitrogen and oxygen atoms in total. The Morgan fingerprint density at radius 1 is 0.968 bits per heavy atom. The molecule has 0 saturated carbocycles. The van der Waals surface area contributed by atoms with Crippen LogP contribution in [-0.2, 0) is 0 Å². The van der Waals surface area contributed by atoms with Crippen molar-refractivity contribution < 1.29 is 14.7 Å². The van der Waals surface area contributed by atoms with E-state index < -0.39 is 0 Å². The number of carbonyl (C=O) groups is 2. The number of hydrogen-bond donors (Lipinski definition) is 1. The van der Waals surface area contributed by atoms with E-state index in [1.54, 1.807) is 17.0 Å². The fourth-order valence-corrected chi connectivity index (χ4v) is 5.41. The van der Waals surface area contributed by atoms with Crippen LogP contribution in [0.3, 0.4) is 0 Å². The molecule has 166 valence electrons. The maximum atomic E-state index is 13.1. The molecule has 0 unspecified atom stereocenters. The van der Waals surface area contributed by atoms with Gasteiger partial charge in [0.1, 0.15) is 5.75 Å². The van der Waals surface area contributed by atoms with E-state index in [2.05, 4.69) is 11.9 Å². The van der Waals surface area contributed by atoms with Crippen LogP contribution in [0.2, 0.25) is 0 Å². The predicted octanol–water partition coefficient (Wildman–Crippen LogP) is 3.02. The second-order valence-corrected chi connectivity index (χ2v) is 9.70. The number of amides is 3. The number of hydrogen-bond acceptors (Lipinski definition) is 5. The minimum Gasteiger partial charge on any atom is -0.508 e. The number of aromatic hydroxyl groups is 1. The van der Waals surface area contributed by atoms with Crippen molar-refractivity contribution in [3.05, 3.63) is 41.3 Å². The number of benzene rings is 1. The van der Waals surface area contributed by atoms with Crippen LogP contribution in [-0.4, -0.2) is 96.1 Å². The van der Waals surface area contributed by atoms with Gasteiger partial charge in [0, 0.05) is 44.6 Å². The molecule has 0 aliphatic carbocycles. The van der Waals surface area contributed by atoms with E-state index in [-0.39, 0.29) is 29.8 Å². The summed E-state index contributed by atoms with van der Waals surface area (Å²) in [5.74, 6) is 0.211. The van der Waals surface area contributed by atoms with Crippen LogP contribution in [0.15, 0.2) is 36.4 Å². The van der Waals surface area contributed by atoms with E-state index in [0.29, 0.717) is 18.0 Å². The summed E-state index contributed by atoms with van der Waals surface area (Å²) in [5, 5.41) is 9.47. The highest BCUT2D eigenvalue weighted by molar-refractivity contribution is 7.17. The van der Waals surface area contributed by atoms with Gasteiger partial charge in [-0.3, -0.25) is 4.79 Å². The number of nitrogens with zero attached hydrogens (tertiary/aromatic N) is 4. The van der Waals surface area contributed by atoms with Gasteiger partial charge in [0.25, 0.3) is 5.91 Å². The number of likely N-dealkylation sites (N-methyl/N-ethyl adjacent to an activating group) is 3. The molecule has 4 rings (SSSR count). The highest BCUT2D eigenvalue weighted by Gasteiger charge is 2.35. The smallest absolute Gasteiger partial charge is 0.320 e. The molecule has 31 heavy (non-hydrogen) atoms. The molecule has 2 aromatic rings. The first-order valence-electron chi connectivity index (χ1n) is 10.7. The lowest BCUT2D eigenvalue weighted by Crippen LogP contribution is -2.47. The van der Waals surface area contributed by atoms with Crippen molar-refractivity contribution >= 4 is 23.3 Å². The zero-order valence-corrected chi connectivity index (χ0v) is 19.1. The lowest BCUT2D eigenvalue weighted by molar-refractivity contribution is 0.0739. The van der Waals surface area contributed by atoms with Crippen LogP contribution in [0.25, 0.3) is 10.4 Å². The van der Waals surface area contributed by atoms with Gasteiger partial charge in [0.2, 0.25) is 0 Å². The Morgan fingerprint density at radius 2 is 1.65 bits per heavy atom. The number of phenolic OH excluding ortho intramolecular Hbond substituents is 1. The second kappa shape index (κ2) is 8.88. The Labute approximate surface area is 187 Å². The predicted molar refractivity (Wildman–Crippen MR) is 123 cm³/mol. The average molecular weight is 443 g/mol. The number of carbonyl (C=O) groups excluding carboxylic acids is 2. The van der Waals surface area contributed by atoms with Crippen LogP contribution in [0.5, 0.6) is 5.75 Å². The minimum atomic E-state index is -0.0138. The lowest BCUT2D eigenvalue weighted by atomic mass is 10.2. The van der Waals surface area contributed by atoms with Crippen LogP contribution >= 0.6 is 11.3 Å². The Morgan fingerprint density at radius 3 is 2.32 bits per heavy atom. The molecule has 2 atom stereocenters. The third-order valence-electron chi connectivity index (χ3n) is 6.49. The maximum Gasteiger partial charge on any atom is 0.320 e. The van der Waals surface area contributed by atoms with Gasteiger partial charge in [-0.25, -0.2) is 4.79 Å². The average Bonchev–Trinajstić information content (AvgIpc) is 3.52. The molecule has 2 aliphatic rings. The molecule has 3 heterocycles. The molecular formula is C23H30N4O3S. The molecule has 1 N–H and O–H groups in total. The van der Waals surface area contributed by atoms with E-state index in [0.717, 1.165) is 36.4 Å². The summed E-state index contributed by atoms with van der Waals surface area (Å²) in [6.07, 6.45) is 1.80. The largest absolute Gasteiger partial charge is 0.508 e. The Bertz CT molecular complexity index is 945. The van der Waals surface area contributed by atoms with Gasteiger partial charge in [-0.05, 0) is 68.4 Å². The summed E-state index contributed by atoms with van der Waals surface area (Å²) in [5.41, 5.74) is 0.975. The summed E-state index contributed by atoms with van der Waals surface area (Å²) in [7, 11) is 5.81. The van der Waals surface area contributed by atoms with Gasteiger partial charge in [0.05, 0.1) is 10.9 Å². The fourth-order valence-electron chi connectivity index (χ4n) is 4.41. The van der Waals surface area contributed by atoms with Gasteiger partial charge in [-0.2, -0.15) is 0 Å². The molecule has 3 amide bonds. The van der Waals surface area contributed by atoms with Gasteiger partial charge in [-0.1, -0.05) is 0 Å². The molecule has 0 bridgehead atoms. The summed E-state index contributed by atoms with van der Waals surface area (Å²) < 4.78 is 0. The van der Waals surface area contributed by atoms with Crippen LogP contribution in [0.4, 0.5) is 4.79 Å². The van der Waals surface area contributed by atoms with E-state index in [1.807, 2.05) is 48.2 Å². The molecule has 0 spiro atoms. The van der Waals surface area contributed by atoms with Crippen LogP contribution < -0.4 is 0 Å². The van der Waals surface area contributed by atoms with Crippen molar-refractivity contribution in [2.75, 3.05) is 47.3 Å². The summed E-state index contributed by atoms with van der Waals surface area (Å²) in [6.45, 7) is 3.19. The molecule has 2 fully saturated rings. The third kappa shape index (κ3) is 4.55. The normalized spacial score (nSPS) is 21.5. The Balaban J connectivity index is 1.36. The molecule has 0 radical (unpaired) electrons. The second-order valence-electron chi connectivity index (χ2n) is 8.61. The topological polar surface area (TPSA) is 67.3 Å². The first-order chi connectivity index (χ1) is 14.8. The van der Waals surface area contributed by atoms with Crippen molar-refractivity contribution in [2.24, 2.45) is 0 Å². The fraction of sp³-hybridized carbons (Fsp3) is 0.478. The van der Waals surface area contributed by atoms with Crippen molar-refractivity contribution in [2.45, 2.75) is 24.9 Å². The van der Waals surface area contributed by atoms with E-state index in [9.17, 15) is 14.7 Å². The third-order valence-corrected chi connectivity index (χ3v) is 7.61. The van der Waals surface area contributed by atoms with Crippen molar-refractivity contribution in [3.63, 3.8) is 0 Å². The minimum absolute atomic E-state index is 0.0138. The molecule has 2 aliphatic heterocycles. The first-order valence-corrected chi connectivity index (χ1v) is 11.5. The number of likely N-dealkylation sites (tertiary alicyclic amines) is 2. The molecule has 8 heteroatoms. The number of phenols is 1. The number of thiophene rings is 1. The van der Waals surface area contributed by atoms with Crippen molar-refractivity contribution in [1.29, 1.82) is 0 Å². The lowest BCUT2D eigenvalue weighted by Gasteiger charge is -2.30. The zero-order chi connectivity index (χ0) is 22.1. The molecule has 1 aromatic carbocycles. The van der Waals surface area contributed by atoms with E-state index in [1.165, 1.54) is 11.3 Å². The molecule has 1 aromatic heterocycles. The van der Waals surface area contributed by atoms with E-state index in [4.69, 9.17) is 0 Å². The quantitative estimate of drug-likeness (QED) is 0.791. The van der Waals surface area contributed by atoms with Gasteiger partial charge >= 0.3 is 6.03 Å². The standard InChI is InChI=1S/C23H30N4O3S/c1-24-12-10-17(14-24)26(3)23(30)27-13-11-18(15-27)25(2)22(29)21-9-8-20(31-21)16-4-6-19(28)7-5-16/h4-9,17-18,28H,10-15H2,1-3H3/t17-,18+/m1/s1. The van der Waals surface area contributed by atoms with Gasteiger partial charge < -0.3 is 24.7 Å².